The molecule has 0 unspecified atom stereocenters. The summed E-state index contributed by atoms with van der Waals surface area (Å²) in [4.78, 5) is 39.7. The van der Waals surface area contributed by atoms with Crippen LogP contribution < -0.4 is 0 Å². The molecule has 0 aliphatic carbocycles. The van der Waals surface area contributed by atoms with E-state index in [0.29, 0.717) is 41.9 Å². The number of aromatic amines is 1. The topological polar surface area (TPSA) is 90.5 Å². The molecule has 1 rings (SSSR count). The quantitative estimate of drug-likeness (QED) is 0.722. The average Bonchev–Trinajstić information content (AvgIpc) is 2.74. The number of carboxylic acids is 1. The third-order valence-corrected chi connectivity index (χ3v) is 3.46. The summed E-state index contributed by atoms with van der Waals surface area (Å²) in [5.41, 5.74) is 2.26. The molecule has 0 saturated carbocycles. The van der Waals surface area contributed by atoms with Crippen molar-refractivity contribution < 1.29 is 19.5 Å². The van der Waals surface area contributed by atoms with Gasteiger partial charge in [0.15, 0.2) is 5.78 Å². The fourth-order valence-corrected chi connectivity index (χ4v) is 2.68. The number of ketones is 1. The first kappa shape index (κ1) is 17.9. The van der Waals surface area contributed by atoms with Crippen LogP contribution in [0.5, 0.6) is 0 Å². The van der Waals surface area contributed by atoms with Crippen LogP contribution >= 0.6 is 0 Å². The van der Waals surface area contributed by atoms with Gasteiger partial charge in [-0.25, -0.2) is 0 Å². The van der Waals surface area contributed by atoms with Crippen molar-refractivity contribution in [3.8, 4) is 0 Å². The number of aryl methyl sites for hydroxylation is 1. The molecule has 0 aliphatic rings. The molecule has 1 amide bonds. The van der Waals surface area contributed by atoms with Gasteiger partial charge in [-0.2, -0.15) is 0 Å². The molecular weight excluding hydrogens is 284 g/mol. The zero-order valence-electron chi connectivity index (χ0n) is 13.7. The molecular formula is C16H24N2O4. The van der Waals surface area contributed by atoms with Crippen molar-refractivity contribution in [1.29, 1.82) is 0 Å². The highest BCUT2D eigenvalue weighted by Crippen LogP contribution is 2.22. The largest absolute Gasteiger partial charge is 0.480 e. The highest BCUT2D eigenvalue weighted by atomic mass is 16.4. The van der Waals surface area contributed by atoms with Crippen molar-refractivity contribution >= 4 is 17.7 Å². The van der Waals surface area contributed by atoms with E-state index in [2.05, 4.69) is 4.98 Å². The highest BCUT2D eigenvalue weighted by Gasteiger charge is 2.26. The van der Waals surface area contributed by atoms with Crippen LogP contribution in [-0.4, -0.2) is 45.7 Å². The second-order valence-corrected chi connectivity index (χ2v) is 5.41. The summed E-state index contributed by atoms with van der Waals surface area (Å²) in [6, 6.07) is 0. The summed E-state index contributed by atoms with van der Waals surface area (Å²) in [5, 5.41) is 8.97. The summed E-state index contributed by atoms with van der Waals surface area (Å²) in [6.07, 6.45) is 2.07. The Labute approximate surface area is 130 Å². The molecule has 1 heterocycles. The first-order valence-electron chi connectivity index (χ1n) is 7.56. The van der Waals surface area contributed by atoms with E-state index in [1.165, 1.54) is 11.8 Å². The highest BCUT2D eigenvalue weighted by molar-refractivity contribution is 6.03. The molecule has 6 heteroatoms. The Morgan fingerprint density at radius 1 is 1.18 bits per heavy atom. The summed E-state index contributed by atoms with van der Waals surface area (Å²) in [6.45, 7) is 7.12. The van der Waals surface area contributed by atoms with Gasteiger partial charge in [0.05, 0.1) is 0 Å². The molecule has 0 aliphatic heterocycles. The molecule has 122 valence electrons. The molecule has 6 nitrogen and oxygen atoms in total. The Balaban J connectivity index is 3.28. The third-order valence-electron chi connectivity index (χ3n) is 3.46. The lowest BCUT2D eigenvalue weighted by Crippen LogP contribution is -2.37. The van der Waals surface area contributed by atoms with Gasteiger partial charge >= 0.3 is 5.97 Å². The number of Topliss-reactive ketones (excluding diaryl/α,β-unsaturated/α-hetero) is 1. The zero-order valence-corrected chi connectivity index (χ0v) is 13.7. The summed E-state index contributed by atoms with van der Waals surface area (Å²) in [5.74, 6) is -1.49. The summed E-state index contributed by atoms with van der Waals surface area (Å²) >= 11 is 0. The van der Waals surface area contributed by atoms with Gasteiger partial charge in [-0.1, -0.05) is 20.3 Å². The smallest absolute Gasteiger partial charge is 0.323 e. The van der Waals surface area contributed by atoms with E-state index >= 15 is 0 Å². The van der Waals surface area contributed by atoms with Crippen LogP contribution in [0.4, 0.5) is 0 Å². The van der Waals surface area contributed by atoms with Crippen LogP contribution in [-0.2, 0) is 11.2 Å². The van der Waals surface area contributed by atoms with Crippen LogP contribution in [0.15, 0.2) is 0 Å². The number of aliphatic carboxylic acids is 1. The van der Waals surface area contributed by atoms with Crippen LogP contribution in [0.1, 0.15) is 65.7 Å². The molecule has 1 aromatic rings. The molecule has 0 fully saturated rings. The van der Waals surface area contributed by atoms with Gasteiger partial charge < -0.3 is 15.0 Å². The fourth-order valence-electron chi connectivity index (χ4n) is 2.68. The maximum atomic E-state index is 12.7. The maximum absolute atomic E-state index is 12.7. The molecule has 0 spiro atoms. The molecule has 1 aromatic heterocycles. The number of carbonyl (C=O) groups excluding carboxylic acids is 2. The SMILES string of the molecule is CCCc1c(C(=O)N(CCC)CC(=O)O)[nH]c(C)c1C(C)=O. The van der Waals surface area contributed by atoms with Gasteiger partial charge in [-0.05, 0) is 32.3 Å². The number of amides is 1. The summed E-state index contributed by atoms with van der Waals surface area (Å²) < 4.78 is 0. The lowest BCUT2D eigenvalue weighted by molar-refractivity contribution is -0.137. The van der Waals surface area contributed by atoms with Crippen molar-refractivity contribution in [2.24, 2.45) is 0 Å². The zero-order chi connectivity index (χ0) is 16.9. The summed E-state index contributed by atoms with van der Waals surface area (Å²) in [7, 11) is 0. The van der Waals surface area contributed by atoms with Crippen molar-refractivity contribution in [2.75, 3.05) is 13.1 Å². The van der Waals surface area contributed by atoms with Crippen molar-refractivity contribution in [2.45, 2.75) is 47.0 Å². The minimum atomic E-state index is -1.05. The maximum Gasteiger partial charge on any atom is 0.323 e. The van der Waals surface area contributed by atoms with Gasteiger partial charge in [-0.15, -0.1) is 0 Å². The van der Waals surface area contributed by atoms with Crippen LogP contribution in [0.25, 0.3) is 0 Å². The number of hydrogen-bond donors (Lipinski definition) is 2. The van der Waals surface area contributed by atoms with Crippen molar-refractivity contribution in [3.05, 3.63) is 22.5 Å². The number of rotatable bonds is 8. The molecule has 0 atom stereocenters. The predicted molar refractivity (Wildman–Crippen MR) is 83.4 cm³/mol. The third kappa shape index (κ3) is 3.96. The number of carboxylic acid groups (broad SMARTS) is 1. The number of nitrogens with one attached hydrogen (secondary N) is 1. The van der Waals surface area contributed by atoms with E-state index in [1.54, 1.807) is 6.92 Å². The predicted octanol–water partition coefficient (Wildman–Crippen LogP) is 2.42. The molecule has 0 bridgehead atoms. The Hall–Kier alpha value is -2.11. The van der Waals surface area contributed by atoms with Crippen LogP contribution in [0.3, 0.4) is 0 Å². The van der Waals surface area contributed by atoms with E-state index in [9.17, 15) is 14.4 Å². The van der Waals surface area contributed by atoms with Gasteiger partial charge in [0.1, 0.15) is 12.2 Å². The lowest BCUT2D eigenvalue weighted by Gasteiger charge is -2.20. The molecule has 0 radical (unpaired) electrons. The van der Waals surface area contributed by atoms with Crippen LogP contribution in [0, 0.1) is 6.92 Å². The minimum Gasteiger partial charge on any atom is -0.480 e. The molecule has 0 saturated heterocycles. The second-order valence-electron chi connectivity index (χ2n) is 5.41. The Morgan fingerprint density at radius 3 is 2.27 bits per heavy atom. The number of aromatic nitrogens is 1. The molecule has 22 heavy (non-hydrogen) atoms. The Morgan fingerprint density at radius 2 is 1.82 bits per heavy atom. The van der Waals surface area contributed by atoms with Gasteiger partial charge in [0.25, 0.3) is 5.91 Å². The van der Waals surface area contributed by atoms with E-state index in [1.807, 2.05) is 13.8 Å². The minimum absolute atomic E-state index is 0.0865. The molecule has 0 aromatic carbocycles. The lowest BCUT2D eigenvalue weighted by atomic mass is 10.0. The fraction of sp³-hybridized carbons (Fsp3) is 0.562. The molecule has 2 N–H and O–H groups in total. The first-order chi connectivity index (χ1) is 10.3. The monoisotopic (exact) mass is 308 g/mol. The van der Waals surface area contributed by atoms with Crippen molar-refractivity contribution in [1.82, 2.24) is 9.88 Å². The van der Waals surface area contributed by atoms with E-state index in [4.69, 9.17) is 5.11 Å². The number of nitrogens with zero attached hydrogens (tertiary/aromatic N) is 1. The van der Waals surface area contributed by atoms with E-state index in [0.717, 1.165) is 6.42 Å². The number of hydrogen-bond acceptors (Lipinski definition) is 3. The van der Waals surface area contributed by atoms with Gasteiger partial charge in [0.2, 0.25) is 0 Å². The van der Waals surface area contributed by atoms with Gasteiger partial charge in [-0.3, -0.25) is 14.4 Å². The Kier molecular flexibility index (Phi) is 6.34. The average molecular weight is 308 g/mol. The van der Waals surface area contributed by atoms with Gasteiger partial charge in [0, 0.05) is 17.8 Å². The number of H-pyrrole nitrogens is 1. The van der Waals surface area contributed by atoms with Crippen molar-refractivity contribution in [3.63, 3.8) is 0 Å². The normalized spacial score (nSPS) is 10.5. The van der Waals surface area contributed by atoms with Crippen LogP contribution in [0.2, 0.25) is 0 Å². The standard InChI is InChI=1S/C16H24N2O4/c1-5-7-12-14(11(4)19)10(3)17-15(12)16(22)18(8-6-2)9-13(20)21/h17H,5-9H2,1-4H3,(H,20,21). The number of carbonyl (C=O) groups is 3. The van der Waals surface area contributed by atoms with E-state index < -0.39 is 5.97 Å². The Bertz CT molecular complexity index is 575. The van der Waals surface area contributed by atoms with E-state index in [-0.39, 0.29) is 18.2 Å². The second kappa shape index (κ2) is 7.77. The first-order valence-corrected chi connectivity index (χ1v) is 7.56.